The van der Waals surface area contributed by atoms with Crippen molar-refractivity contribution in [2.45, 2.75) is 12.3 Å². The number of nitrogens with one attached hydrogen (secondary N) is 1. The molecule has 0 aliphatic heterocycles. The normalized spacial score (nSPS) is 16.3. The molecule has 1 aliphatic carbocycles. The largest absolute Gasteiger partial charge is 0.383 e. The second kappa shape index (κ2) is 5.05. The van der Waals surface area contributed by atoms with E-state index in [1.165, 1.54) is 11.1 Å². The Hall–Kier alpha value is -2.06. The number of pyridine rings is 1. The summed E-state index contributed by atoms with van der Waals surface area (Å²) in [6, 6.07) is 16.5. The van der Waals surface area contributed by atoms with E-state index in [4.69, 9.17) is 11.6 Å². The number of hydrogen-bond acceptors (Lipinski definition) is 2. The zero-order valence-electron chi connectivity index (χ0n) is 11.5. The minimum absolute atomic E-state index is 0.593. The van der Waals surface area contributed by atoms with Crippen LogP contribution in [0, 0.1) is 0 Å². The smallest absolute Gasteiger partial charge is 0.0948 e. The van der Waals surface area contributed by atoms with Crippen LogP contribution in [0.2, 0.25) is 5.02 Å². The minimum Gasteiger partial charge on any atom is -0.383 e. The Labute approximate surface area is 128 Å². The monoisotopic (exact) mass is 294 g/mol. The molecule has 4 rings (SSSR count). The molecule has 21 heavy (non-hydrogen) atoms. The maximum Gasteiger partial charge on any atom is 0.0948 e. The molecule has 3 aromatic rings. The van der Waals surface area contributed by atoms with Gasteiger partial charge in [0.2, 0.25) is 0 Å². The molecule has 1 unspecified atom stereocenters. The topological polar surface area (TPSA) is 24.9 Å². The average Bonchev–Trinajstić information content (AvgIpc) is 2.50. The lowest BCUT2D eigenvalue weighted by atomic mass is 9.77. The molecule has 0 spiro atoms. The summed E-state index contributed by atoms with van der Waals surface area (Å²) in [6.45, 7) is 0.935. The Morgan fingerprint density at radius 1 is 1.10 bits per heavy atom. The number of nitrogens with zero attached hydrogens (tertiary/aromatic N) is 1. The van der Waals surface area contributed by atoms with Crippen LogP contribution in [0.25, 0.3) is 10.9 Å². The summed E-state index contributed by atoms with van der Waals surface area (Å²) in [5, 5.41) is 5.28. The number of hydrogen-bond donors (Lipinski definition) is 1. The fourth-order valence-corrected chi connectivity index (χ4v) is 3.27. The van der Waals surface area contributed by atoms with Crippen molar-refractivity contribution in [1.82, 2.24) is 4.98 Å². The van der Waals surface area contributed by atoms with Crippen LogP contribution < -0.4 is 5.32 Å². The van der Waals surface area contributed by atoms with Crippen molar-refractivity contribution in [3.8, 4) is 0 Å². The SMILES string of the molecule is Clc1ccc(NCC2Cc3ccccc32)c2ncccc12. The lowest BCUT2D eigenvalue weighted by molar-refractivity contribution is 0.636. The summed E-state index contributed by atoms with van der Waals surface area (Å²) in [4.78, 5) is 4.46. The van der Waals surface area contributed by atoms with Gasteiger partial charge in [0.1, 0.15) is 0 Å². The summed E-state index contributed by atoms with van der Waals surface area (Å²) >= 11 is 6.23. The standard InChI is InChI=1S/C18H15ClN2/c19-16-7-8-17(18-15(16)6-3-9-20-18)21-11-13-10-12-4-1-2-5-14(12)13/h1-9,13,21H,10-11H2. The molecule has 0 fully saturated rings. The van der Waals surface area contributed by atoms with Gasteiger partial charge >= 0.3 is 0 Å². The van der Waals surface area contributed by atoms with Crippen molar-refractivity contribution in [2.75, 3.05) is 11.9 Å². The summed E-state index contributed by atoms with van der Waals surface area (Å²) in [5.41, 5.74) is 4.94. The first kappa shape index (κ1) is 12.7. The number of halogens is 1. The minimum atomic E-state index is 0.593. The van der Waals surface area contributed by atoms with Gasteiger partial charge in [-0.15, -0.1) is 0 Å². The fourth-order valence-electron chi connectivity index (χ4n) is 3.06. The maximum atomic E-state index is 6.23. The molecular formula is C18H15ClN2. The van der Waals surface area contributed by atoms with Gasteiger partial charge in [-0.3, -0.25) is 4.98 Å². The van der Waals surface area contributed by atoms with Gasteiger partial charge in [0.25, 0.3) is 0 Å². The highest BCUT2D eigenvalue weighted by molar-refractivity contribution is 6.35. The van der Waals surface area contributed by atoms with Crippen molar-refractivity contribution in [3.05, 3.63) is 70.9 Å². The second-order valence-corrected chi connectivity index (χ2v) is 5.88. The van der Waals surface area contributed by atoms with Crippen molar-refractivity contribution < 1.29 is 0 Å². The Bertz CT molecular complexity index is 813. The molecule has 0 saturated heterocycles. The Morgan fingerprint density at radius 2 is 2.00 bits per heavy atom. The fraction of sp³-hybridized carbons (Fsp3) is 0.167. The highest BCUT2D eigenvalue weighted by Gasteiger charge is 2.25. The van der Waals surface area contributed by atoms with E-state index in [0.29, 0.717) is 5.92 Å². The molecule has 1 N–H and O–H groups in total. The molecule has 1 heterocycles. The van der Waals surface area contributed by atoms with E-state index < -0.39 is 0 Å². The number of anilines is 1. The Balaban J connectivity index is 1.58. The van der Waals surface area contributed by atoms with Crippen LogP contribution in [0.3, 0.4) is 0 Å². The van der Waals surface area contributed by atoms with E-state index in [0.717, 1.165) is 34.6 Å². The Morgan fingerprint density at radius 3 is 2.90 bits per heavy atom. The molecule has 104 valence electrons. The lowest BCUT2D eigenvalue weighted by Crippen LogP contribution is -2.24. The molecule has 0 radical (unpaired) electrons. The molecule has 2 nitrogen and oxygen atoms in total. The summed E-state index contributed by atoms with van der Waals surface area (Å²) in [6.07, 6.45) is 2.96. The van der Waals surface area contributed by atoms with E-state index in [9.17, 15) is 0 Å². The van der Waals surface area contributed by atoms with Gasteiger partial charge in [0, 0.05) is 24.0 Å². The summed E-state index contributed by atoms with van der Waals surface area (Å²) in [5.74, 6) is 0.593. The summed E-state index contributed by atoms with van der Waals surface area (Å²) in [7, 11) is 0. The van der Waals surface area contributed by atoms with Gasteiger partial charge in [-0.1, -0.05) is 35.9 Å². The second-order valence-electron chi connectivity index (χ2n) is 5.48. The van der Waals surface area contributed by atoms with Crippen LogP contribution in [-0.2, 0) is 6.42 Å². The van der Waals surface area contributed by atoms with Crippen molar-refractivity contribution in [3.63, 3.8) is 0 Å². The first-order chi connectivity index (χ1) is 10.3. The number of fused-ring (bicyclic) bond motifs is 2. The molecule has 1 aromatic heterocycles. The average molecular weight is 295 g/mol. The molecule has 0 saturated carbocycles. The summed E-state index contributed by atoms with van der Waals surface area (Å²) < 4.78 is 0. The first-order valence-electron chi connectivity index (χ1n) is 7.18. The van der Waals surface area contributed by atoms with E-state index in [1.54, 1.807) is 0 Å². The number of rotatable bonds is 3. The quantitative estimate of drug-likeness (QED) is 0.761. The van der Waals surface area contributed by atoms with E-state index in [1.807, 2.05) is 30.5 Å². The van der Waals surface area contributed by atoms with E-state index >= 15 is 0 Å². The van der Waals surface area contributed by atoms with Crippen LogP contribution in [0.4, 0.5) is 5.69 Å². The first-order valence-corrected chi connectivity index (χ1v) is 7.55. The van der Waals surface area contributed by atoms with Crippen LogP contribution >= 0.6 is 11.6 Å². The third-order valence-electron chi connectivity index (χ3n) is 4.22. The molecule has 0 bridgehead atoms. The van der Waals surface area contributed by atoms with E-state index in [2.05, 4.69) is 34.6 Å². The molecule has 2 aromatic carbocycles. The van der Waals surface area contributed by atoms with Gasteiger partial charge in [0.15, 0.2) is 0 Å². The zero-order valence-corrected chi connectivity index (χ0v) is 12.3. The van der Waals surface area contributed by atoms with Crippen molar-refractivity contribution >= 4 is 28.2 Å². The highest BCUT2D eigenvalue weighted by Crippen LogP contribution is 2.35. The molecule has 1 aliphatic rings. The van der Waals surface area contributed by atoms with Gasteiger partial charge in [-0.2, -0.15) is 0 Å². The number of benzene rings is 2. The predicted molar refractivity (Wildman–Crippen MR) is 88.1 cm³/mol. The van der Waals surface area contributed by atoms with Gasteiger partial charge in [-0.25, -0.2) is 0 Å². The predicted octanol–water partition coefficient (Wildman–Crippen LogP) is 4.64. The molecule has 1 atom stereocenters. The third-order valence-corrected chi connectivity index (χ3v) is 4.55. The van der Waals surface area contributed by atoms with Crippen LogP contribution in [0.5, 0.6) is 0 Å². The number of aromatic nitrogens is 1. The zero-order chi connectivity index (χ0) is 14.2. The molecule has 0 amide bonds. The van der Waals surface area contributed by atoms with Crippen molar-refractivity contribution in [1.29, 1.82) is 0 Å². The van der Waals surface area contributed by atoms with Gasteiger partial charge < -0.3 is 5.32 Å². The van der Waals surface area contributed by atoms with E-state index in [-0.39, 0.29) is 0 Å². The molecular weight excluding hydrogens is 280 g/mol. The van der Waals surface area contributed by atoms with Crippen LogP contribution in [0.1, 0.15) is 17.0 Å². The third kappa shape index (κ3) is 2.16. The van der Waals surface area contributed by atoms with Crippen LogP contribution in [-0.4, -0.2) is 11.5 Å². The highest BCUT2D eigenvalue weighted by atomic mass is 35.5. The van der Waals surface area contributed by atoms with Gasteiger partial charge in [0.05, 0.1) is 16.2 Å². The van der Waals surface area contributed by atoms with Gasteiger partial charge in [-0.05, 0) is 41.8 Å². The molecule has 3 heteroatoms. The van der Waals surface area contributed by atoms with Crippen molar-refractivity contribution in [2.24, 2.45) is 0 Å². The maximum absolute atomic E-state index is 6.23. The Kier molecular flexibility index (Phi) is 3.04. The van der Waals surface area contributed by atoms with Crippen LogP contribution in [0.15, 0.2) is 54.7 Å². The lowest BCUT2D eigenvalue weighted by Gasteiger charge is -2.30.